The topological polar surface area (TPSA) is 49.4 Å². The zero-order valence-corrected chi connectivity index (χ0v) is 15.7. The Bertz CT molecular complexity index is 559. The molecule has 1 fully saturated rings. The van der Waals surface area contributed by atoms with Crippen molar-refractivity contribution in [3.8, 4) is 0 Å². The van der Waals surface area contributed by atoms with E-state index in [1.807, 2.05) is 0 Å². The Hall–Kier alpha value is 0.0500. The van der Waals surface area contributed by atoms with E-state index in [2.05, 4.69) is 35.1 Å². The number of piperidine rings is 1. The second kappa shape index (κ2) is 7.55. The maximum Gasteiger partial charge on any atom is 0.252 e. The molecular formula is C14H23BrN2O2S2. The van der Waals surface area contributed by atoms with Crippen molar-refractivity contribution in [3.05, 3.63) is 15.9 Å². The Morgan fingerprint density at radius 3 is 2.76 bits per heavy atom. The smallest absolute Gasteiger partial charge is 0.252 e. The van der Waals surface area contributed by atoms with E-state index in [1.54, 1.807) is 16.4 Å². The molecule has 0 radical (unpaired) electrons. The van der Waals surface area contributed by atoms with Crippen LogP contribution in [0.15, 0.2) is 20.1 Å². The molecule has 1 aliphatic heterocycles. The van der Waals surface area contributed by atoms with Crippen LogP contribution in [0, 0.1) is 5.92 Å². The predicted octanol–water partition coefficient (Wildman–Crippen LogP) is 3.30. The molecule has 7 heteroatoms. The molecule has 0 amide bonds. The van der Waals surface area contributed by atoms with E-state index in [0.29, 0.717) is 29.3 Å². The highest BCUT2D eigenvalue weighted by Gasteiger charge is 2.35. The lowest BCUT2D eigenvalue weighted by Crippen LogP contribution is -2.50. The molecule has 0 bridgehead atoms. The highest BCUT2D eigenvalue weighted by atomic mass is 79.9. The highest BCUT2D eigenvalue weighted by molar-refractivity contribution is 9.11. The normalized spacial score (nSPS) is 24.3. The van der Waals surface area contributed by atoms with Gasteiger partial charge in [-0.1, -0.05) is 20.3 Å². The molecule has 1 aliphatic rings. The summed E-state index contributed by atoms with van der Waals surface area (Å²) in [7, 11) is -3.33. The van der Waals surface area contributed by atoms with Gasteiger partial charge in [-0.3, -0.25) is 0 Å². The van der Waals surface area contributed by atoms with Gasteiger partial charge in [0.2, 0.25) is 0 Å². The quantitative estimate of drug-likeness (QED) is 0.804. The van der Waals surface area contributed by atoms with Crippen LogP contribution in [0.4, 0.5) is 0 Å². The van der Waals surface area contributed by atoms with Crippen LogP contribution in [0.1, 0.15) is 33.1 Å². The number of halogens is 1. The fourth-order valence-electron chi connectivity index (χ4n) is 2.79. The minimum Gasteiger partial charge on any atom is -0.314 e. The van der Waals surface area contributed by atoms with Gasteiger partial charge in [-0.25, -0.2) is 8.42 Å². The first-order valence-corrected chi connectivity index (χ1v) is 10.5. The Kier molecular flexibility index (Phi) is 6.25. The van der Waals surface area contributed by atoms with E-state index in [1.165, 1.54) is 11.3 Å². The molecule has 2 rings (SSSR count). The van der Waals surface area contributed by atoms with Gasteiger partial charge in [-0.15, -0.1) is 11.3 Å². The van der Waals surface area contributed by atoms with E-state index in [9.17, 15) is 8.42 Å². The molecule has 4 nitrogen and oxygen atoms in total. The Balaban J connectivity index is 2.09. The second-order valence-electron chi connectivity index (χ2n) is 5.44. The first-order valence-electron chi connectivity index (χ1n) is 7.47. The third-order valence-corrected chi connectivity index (χ3v) is 7.98. The second-order valence-corrected chi connectivity index (χ2v) is 10.1. The largest absolute Gasteiger partial charge is 0.314 e. The van der Waals surface area contributed by atoms with Crippen LogP contribution in [0.3, 0.4) is 0 Å². The summed E-state index contributed by atoms with van der Waals surface area (Å²) in [6.45, 7) is 6.53. The van der Waals surface area contributed by atoms with Crippen LogP contribution in [0.2, 0.25) is 0 Å². The molecule has 2 atom stereocenters. The van der Waals surface area contributed by atoms with E-state index in [-0.39, 0.29) is 0 Å². The highest BCUT2D eigenvalue weighted by Crippen LogP contribution is 2.31. The predicted molar refractivity (Wildman–Crippen MR) is 91.3 cm³/mol. The number of thiophene rings is 1. The summed E-state index contributed by atoms with van der Waals surface area (Å²) in [5.41, 5.74) is 0. The summed E-state index contributed by atoms with van der Waals surface area (Å²) in [5, 5.41) is 3.56. The van der Waals surface area contributed by atoms with E-state index in [0.717, 1.165) is 29.6 Å². The number of hydrogen-bond acceptors (Lipinski definition) is 4. The molecule has 0 saturated carbocycles. The maximum atomic E-state index is 12.7. The molecule has 1 aromatic rings. The summed E-state index contributed by atoms with van der Waals surface area (Å²) in [4.78, 5) is 0. The summed E-state index contributed by atoms with van der Waals surface area (Å²) in [5.74, 6) is 0.392. The van der Waals surface area contributed by atoms with Gasteiger partial charge < -0.3 is 5.32 Å². The molecule has 2 heterocycles. The lowest BCUT2D eigenvalue weighted by molar-refractivity contribution is 0.202. The standard InChI is InChI=1S/C14H23BrN2O2S2/c1-3-8-16-12-7-9-17(10-11(12)4-2)21(18,19)14-6-5-13(15)20-14/h5-6,11-12,16H,3-4,7-10H2,1-2H3. The lowest BCUT2D eigenvalue weighted by Gasteiger charge is -2.37. The Morgan fingerprint density at radius 2 is 2.19 bits per heavy atom. The fraction of sp³-hybridized carbons (Fsp3) is 0.714. The van der Waals surface area contributed by atoms with Gasteiger partial charge in [-0.2, -0.15) is 4.31 Å². The maximum absolute atomic E-state index is 12.7. The zero-order chi connectivity index (χ0) is 15.5. The minimum absolute atomic E-state index is 0.392. The third kappa shape index (κ3) is 4.07. The van der Waals surface area contributed by atoms with Crippen LogP contribution in [-0.4, -0.2) is 38.4 Å². The monoisotopic (exact) mass is 394 g/mol. The van der Waals surface area contributed by atoms with Crippen LogP contribution in [0.5, 0.6) is 0 Å². The van der Waals surface area contributed by atoms with Gasteiger partial charge in [0.25, 0.3) is 10.0 Å². The number of hydrogen-bond donors (Lipinski definition) is 1. The lowest BCUT2D eigenvalue weighted by atomic mass is 9.91. The molecule has 21 heavy (non-hydrogen) atoms. The van der Waals surface area contributed by atoms with E-state index >= 15 is 0 Å². The number of nitrogens with one attached hydrogen (secondary N) is 1. The molecule has 120 valence electrons. The Morgan fingerprint density at radius 1 is 1.43 bits per heavy atom. The van der Waals surface area contributed by atoms with Gasteiger partial charge in [0.15, 0.2) is 0 Å². The summed E-state index contributed by atoms with van der Waals surface area (Å²) in [6.07, 6.45) is 3.00. The third-order valence-electron chi connectivity index (χ3n) is 4.02. The molecule has 0 aromatic carbocycles. The number of sulfonamides is 1. The van der Waals surface area contributed by atoms with Gasteiger partial charge in [0, 0.05) is 19.1 Å². The molecule has 1 saturated heterocycles. The van der Waals surface area contributed by atoms with Gasteiger partial charge in [0.05, 0.1) is 3.79 Å². The van der Waals surface area contributed by atoms with E-state index in [4.69, 9.17) is 0 Å². The van der Waals surface area contributed by atoms with Crippen LogP contribution in [0.25, 0.3) is 0 Å². The first-order chi connectivity index (χ1) is 9.98. The van der Waals surface area contributed by atoms with Crippen molar-refractivity contribution >= 4 is 37.3 Å². The van der Waals surface area contributed by atoms with Crippen molar-refractivity contribution in [2.24, 2.45) is 5.92 Å². The summed E-state index contributed by atoms with van der Waals surface area (Å²) in [6, 6.07) is 3.92. The van der Waals surface area contributed by atoms with Crippen molar-refractivity contribution < 1.29 is 8.42 Å². The van der Waals surface area contributed by atoms with Crippen molar-refractivity contribution in [3.63, 3.8) is 0 Å². The summed E-state index contributed by atoms with van der Waals surface area (Å²) >= 11 is 4.62. The summed E-state index contributed by atoms with van der Waals surface area (Å²) < 4.78 is 28.3. The molecule has 0 aliphatic carbocycles. The fourth-order valence-corrected chi connectivity index (χ4v) is 6.47. The van der Waals surface area contributed by atoms with Crippen LogP contribution < -0.4 is 5.32 Å². The molecule has 1 N–H and O–H groups in total. The van der Waals surface area contributed by atoms with Crippen molar-refractivity contribution in [2.45, 2.75) is 43.4 Å². The van der Waals surface area contributed by atoms with Crippen LogP contribution >= 0.6 is 27.3 Å². The SMILES string of the molecule is CCCNC1CCN(S(=O)(=O)c2ccc(Br)s2)CC1CC. The Labute approximate surface area is 140 Å². The van der Waals surface area contributed by atoms with Crippen molar-refractivity contribution in [1.29, 1.82) is 0 Å². The van der Waals surface area contributed by atoms with Gasteiger partial charge >= 0.3 is 0 Å². The zero-order valence-electron chi connectivity index (χ0n) is 12.5. The van der Waals surface area contributed by atoms with Gasteiger partial charge in [0.1, 0.15) is 4.21 Å². The minimum atomic E-state index is -3.33. The van der Waals surface area contributed by atoms with Crippen molar-refractivity contribution in [2.75, 3.05) is 19.6 Å². The molecular weight excluding hydrogens is 372 g/mol. The molecule has 1 aromatic heterocycles. The van der Waals surface area contributed by atoms with E-state index < -0.39 is 10.0 Å². The van der Waals surface area contributed by atoms with Crippen molar-refractivity contribution in [1.82, 2.24) is 9.62 Å². The van der Waals surface area contributed by atoms with Gasteiger partial charge in [-0.05, 0) is 53.4 Å². The molecule has 0 spiro atoms. The average molecular weight is 395 g/mol. The van der Waals surface area contributed by atoms with Crippen LogP contribution in [-0.2, 0) is 10.0 Å². The molecule has 2 unspecified atom stereocenters. The number of rotatable bonds is 6. The first kappa shape index (κ1) is 17.4. The number of nitrogens with zero attached hydrogens (tertiary/aromatic N) is 1. The average Bonchev–Trinajstić information content (AvgIpc) is 2.92.